The highest BCUT2D eigenvalue weighted by molar-refractivity contribution is 5.97. The Kier molecular flexibility index (Phi) is 3.49. The van der Waals surface area contributed by atoms with Gasteiger partial charge in [0.1, 0.15) is 5.52 Å². The van der Waals surface area contributed by atoms with Crippen molar-refractivity contribution < 1.29 is 9.21 Å². The van der Waals surface area contributed by atoms with Gasteiger partial charge in [0.25, 0.3) is 5.91 Å². The SMILES string of the molecule is O=C(NC1CCCCCC1)c1ccc2ncoc2c1. The molecule has 19 heavy (non-hydrogen) atoms. The minimum absolute atomic E-state index is 0.00907. The van der Waals surface area contributed by atoms with E-state index in [2.05, 4.69) is 10.3 Å². The first kappa shape index (κ1) is 12.2. The smallest absolute Gasteiger partial charge is 0.251 e. The molecule has 2 aromatic rings. The van der Waals surface area contributed by atoms with Crippen LogP contribution in [-0.4, -0.2) is 16.9 Å². The highest BCUT2D eigenvalue weighted by atomic mass is 16.3. The maximum atomic E-state index is 12.2. The van der Waals surface area contributed by atoms with E-state index < -0.39 is 0 Å². The van der Waals surface area contributed by atoms with Crippen LogP contribution < -0.4 is 5.32 Å². The summed E-state index contributed by atoms with van der Waals surface area (Å²) in [7, 11) is 0. The van der Waals surface area contributed by atoms with E-state index >= 15 is 0 Å². The maximum absolute atomic E-state index is 12.2. The Balaban J connectivity index is 1.71. The molecule has 1 aromatic heterocycles. The topological polar surface area (TPSA) is 55.1 Å². The number of rotatable bonds is 2. The summed E-state index contributed by atoms with van der Waals surface area (Å²) < 4.78 is 5.23. The maximum Gasteiger partial charge on any atom is 0.251 e. The summed E-state index contributed by atoms with van der Waals surface area (Å²) in [5, 5.41) is 3.13. The van der Waals surface area contributed by atoms with Gasteiger partial charge in [0, 0.05) is 11.6 Å². The molecule has 0 atom stereocenters. The van der Waals surface area contributed by atoms with Crippen LogP contribution in [0.2, 0.25) is 0 Å². The van der Waals surface area contributed by atoms with E-state index in [4.69, 9.17) is 4.42 Å². The first-order valence-electron chi connectivity index (χ1n) is 6.97. The molecular formula is C15H18N2O2. The van der Waals surface area contributed by atoms with Crippen molar-refractivity contribution in [1.82, 2.24) is 10.3 Å². The zero-order chi connectivity index (χ0) is 13.1. The minimum Gasteiger partial charge on any atom is -0.443 e. The highest BCUT2D eigenvalue weighted by Gasteiger charge is 2.16. The monoisotopic (exact) mass is 258 g/mol. The fourth-order valence-corrected chi connectivity index (χ4v) is 2.69. The lowest BCUT2D eigenvalue weighted by Crippen LogP contribution is -2.34. The number of aromatic nitrogens is 1. The van der Waals surface area contributed by atoms with Crippen LogP contribution in [0.25, 0.3) is 11.1 Å². The lowest BCUT2D eigenvalue weighted by Gasteiger charge is -2.16. The van der Waals surface area contributed by atoms with Crippen molar-refractivity contribution >= 4 is 17.0 Å². The average molecular weight is 258 g/mol. The van der Waals surface area contributed by atoms with Gasteiger partial charge in [0.15, 0.2) is 12.0 Å². The van der Waals surface area contributed by atoms with Gasteiger partial charge in [-0.25, -0.2) is 4.98 Å². The van der Waals surface area contributed by atoms with Gasteiger partial charge >= 0.3 is 0 Å². The zero-order valence-electron chi connectivity index (χ0n) is 10.9. The molecule has 3 rings (SSSR count). The number of hydrogen-bond acceptors (Lipinski definition) is 3. The van der Waals surface area contributed by atoms with Crippen molar-refractivity contribution in [1.29, 1.82) is 0 Å². The molecule has 1 N–H and O–H groups in total. The van der Waals surface area contributed by atoms with Crippen molar-refractivity contribution in [3.8, 4) is 0 Å². The number of nitrogens with zero attached hydrogens (tertiary/aromatic N) is 1. The first-order valence-corrected chi connectivity index (χ1v) is 6.97. The largest absolute Gasteiger partial charge is 0.443 e. The van der Waals surface area contributed by atoms with E-state index in [9.17, 15) is 4.79 Å². The van der Waals surface area contributed by atoms with Gasteiger partial charge < -0.3 is 9.73 Å². The van der Waals surface area contributed by atoms with Crippen molar-refractivity contribution in [3.63, 3.8) is 0 Å². The third kappa shape index (κ3) is 2.78. The fraction of sp³-hybridized carbons (Fsp3) is 0.467. The van der Waals surface area contributed by atoms with Gasteiger partial charge in [-0.15, -0.1) is 0 Å². The second-order valence-corrected chi connectivity index (χ2v) is 5.20. The molecule has 0 aliphatic heterocycles. The molecule has 1 saturated carbocycles. The molecule has 1 aliphatic rings. The lowest BCUT2D eigenvalue weighted by atomic mass is 10.1. The van der Waals surface area contributed by atoms with E-state index in [1.54, 1.807) is 12.1 Å². The zero-order valence-corrected chi connectivity index (χ0v) is 10.9. The number of carbonyl (C=O) groups is 1. The summed E-state index contributed by atoms with van der Waals surface area (Å²) in [5.74, 6) is -0.00907. The van der Waals surface area contributed by atoms with Gasteiger partial charge in [-0.1, -0.05) is 25.7 Å². The van der Waals surface area contributed by atoms with Crippen molar-refractivity contribution in [3.05, 3.63) is 30.2 Å². The molecule has 1 amide bonds. The van der Waals surface area contributed by atoms with Crippen molar-refractivity contribution in [2.45, 2.75) is 44.6 Å². The molecule has 1 aromatic carbocycles. The molecule has 4 nitrogen and oxygen atoms in total. The number of carbonyl (C=O) groups excluding carboxylic acids is 1. The van der Waals surface area contributed by atoms with Gasteiger partial charge in [-0.2, -0.15) is 0 Å². The average Bonchev–Trinajstić information content (AvgIpc) is 2.75. The summed E-state index contributed by atoms with van der Waals surface area (Å²) in [6.45, 7) is 0. The van der Waals surface area contributed by atoms with E-state index in [1.807, 2.05) is 6.07 Å². The number of hydrogen-bond donors (Lipinski definition) is 1. The molecule has 0 spiro atoms. The van der Waals surface area contributed by atoms with Crippen LogP contribution in [0.15, 0.2) is 29.0 Å². The molecule has 4 heteroatoms. The standard InChI is InChI=1S/C15H18N2O2/c18-15(17-12-5-3-1-2-4-6-12)11-7-8-13-14(9-11)19-10-16-13/h7-10,12H,1-6H2,(H,17,18). The molecule has 1 heterocycles. The highest BCUT2D eigenvalue weighted by Crippen LogP contribution is 2.18. The van der Waals surface area contributed by atoms with Crippen LogP contribution in [0.1, 0.15) is 48.9 Å². The van der Waals surface area contributed by atoms with E-state index in [1.165, 1.54) is 32.1 Å². The van der Waals surface area contributed by atoms with E-state index in [-0.39, 0.29) is 5.91 Å². The Hall–Kier alpha value is -1.84. The van der Waals surface area contributed by atoms with Gasteiger partial charge in [0.2, 0.25) is 0 Å². The Morgan fingerprint density at radius 2 is 2.00 bits per heavy atom. The second-order valence-electron chi connectivity index (χ2n) is 5.20. The number of benzene rings is 1. The summed E-state index contributed by atoms with van der Waals surface area (Å²) in [6.07, 6.45) is 8.59. The van der Waals surface area contributed by atoms with Crippen molar-refractivity contribution in [2.24, 2.45) is 0 Å². The van der Waals surface area contributed by atoms with E-state index in [0.717, 1.165) is 18.4 Å². The number of oxazole rings is 1. The quantitative estimate of drug-likeness (QED) is 0.841. The van der Waals surface area contributed by atoms with Crippen LogP contribution in [0.4, 0.5) is 0 Å². The normalized spacial score (nSPS) is 17.3. The van der Waals surface area contributed by atoms with Crippen LogP contribution in [0.5, 0.6) is 0 Å². The molecule has 0 bridgehead atoms. The van der Waals surface area contributed by atoms with Gasteiger partial charge in [-0.3, -0.25) is 4.79 Å². The summed E-state index contributed by atoms with van der Waals surface area (Å²) in [5.41, 5.74) is 2.09. The van der Waals surface area contributed by atoms with Crippen LogP contribution in [0, 0.1) is 0 Å². The molecular weight excluding hydrogens is 240 g/mol. The summed E-state index contributed by atoms with van der Waals surface area (Å²) in [6, 6.07) is 5.70. The van der Waals surface area contributed by atoms with Gasteiger partial charge in [0.05, 0.1) is 0 Å². The molecule has 0 radical (unpaired) electrons. The Morgan fingerprint density at radius 3 is 2.79 bits per heavy atom. The molecule has 1 aliphatic carbocycles. The molecule has 100 valence electrons. The Labute approximate surface area is 112 Å². The van der Waals surface area contributed by atoms with E-state index in [0.29, 0.717) is 17.2 Å². The van der Waals surface area contributed by atoms with Crippen LogP contribution >= 0.6 is 0 Å². The second kappa shape index (κ2) is 5.43. The molecule has 0 unspecified atom stereocenters. The third-order valence-electron chi connectivity index (χ3n) is 3.78. The number of nitrogens with one attached hydrogen (secondary N) is 1. The Bertz CT molecular complexity index is 568. The minimum atomic E-state index is -0.00907. The number of amides is 1. The molecule has 1 fully saturated rings. The molecule has 0 saturated heterocycles. The Morgan fingerprint density at radius 1 is 1.21 bits per heavy atom. The third-order valence-corrected chi connectivity index (χ3v) is 3.78. The fourth-order valence-electron chi connectivity index (χ4n) is 2.69. The van der Waals surface area contributed by atoms with Gasteiger partial charge in [-0.05, 0) is 31.0 Å². The predicted octanol–water partition coefficient (Wildman–Crippen LogP) is 3.28. The summed E-state index contributed by atoms with van der Waals surface area (Å²) in [4.78, 5) is 16.3. The summed E-state index contributed by atoms with van der Waals surface area (Å²) >= 11 is 0. The van der Waals surface area contributed by atoms with Crippen LogP contribution in [-0.2, 0) is 0 Å². The van der Waals surface area contributed by atoms with Crippen LogP contribution in [0.3, 0.4) is 0 Å². The first-order chi connectivity index (χ1) is 9.33. The number of fused-ring (bicyclic) bond motifs is 1. The predicted molar refractivity (Wildman–Crippen MR) is 73.0 cm³/mol. The van der Waals surface area contributed by atoms with Crippen molar-refractivity contribution in [2.75, 3.05) is 0 Å². The lowest BCUT2D eigenvalue weighted by molar-refractivity contribution is 0.0933.